The molecule has 0 heterocycles. The van der Waals surface area contributed by atoms with Crippen molar-refractivity contribution in [1.82, 2.24) is 0 Å². The van der Waals surface area contributed by atoms with Crippen molar-refractivity contribution < 1.29 is 0 Å². The zero-order valence-corrected chi connectivity index (χ0v) is 10.2. The molecule has 2 atom stereocenters. The van der Waals surface area contributed by atoms with E-state index in [0.717, 1.165) is 11.1 Å². The Labute approximate surface area is 111 Å². The van der Waals surface area contributed by atoms with E-state index in [9.17, 15) is 10.5 Å². The van der Waals surface area contributed by atoms with Gasteiger partial charge in [0, 0.05) is 0 Å². The van der Waals surface area contributed by atoms with Crippen LogP contribution in [0.3, 0.4) is 0 Å². The van der Waals surface area contributed by atoms with Crippen molar-refractivity contribution in [2.24, 2.45) is 11.8 Å². The second-order valence-corrected chi connectivity index (χ2v) is 5.17. The second kappa shape index (κ2) is 3.25. The highest BCUT2D eigenvalue weighted by molar-refractivity contribution is 5.84. The van der Waals surface area contributed by atoms with Gasteiger partial charge in [0.15, 0.2) is 0 Å². The summed E-state index contributed by atoms with van der Waals surface area (Å²) >= 11 is 0. The van der Waals surface area contributed by atoms with Gasteiger partial charge in [-0.2, -0.15) is 10.5 Å². The van der Waals surface area contributed by atoms with Crippen LogP contribution in [0.1, 0.15) is 11.1 Å². The first-order valence-corrected chi connectivity index (χ1v) is 6.34. The van der Waals surface area contributed by atoms with E-state index in [0.29, 0.717) is 0 Å². The molecule has 88 valence electrons. The molecule has 2 unspecified atom stereocenters. The lowest BCUT2D eigenvalue weighted by molar-refractivity contribution is 0.800. The summed E-state index contributed by atoms with van der Waals surface area (Å²) in [5.41, 5.74) is 4.27. The fourth-order valence-corrected chi connectivity index (χ4v) is 3.71. The molecule has 1 fully saturated rings. The molecule has 2 heteroatoms. The molecule has 1 saturated carbocycles. The van der Waals surface area contributed by atoms with Crippen LogP contribution >= 0.6 is 0 Å². The van der Waals surface area contributed by atoms with Crippen molar-refractivity contribution in [3.8, 4) is 23.3 Å². The van der Waals surface area contributed by atoms with Gasteiger partial charge in [0.2, 0.25) is 0 Å². The molecule has 2 nitrogen and oxygen atoms in total. The Hall–Kier alpha value is -2.58. The Kier molecular flexibility index (Phi) is 1.77. The quantitative estimate of drug-likeness (QED) is 0.712. The van der Waals surface area contributed by atoms with Gasteiger partial charge in [-0.05, 0) is 22.3 Å². The molecule has 0 amide bonds. The molecular formula is C17H10N2. The van der Waals surface area contributed by atoms with Crippen LogP contribution in [0.5, 0.6) is 0 Å². The molecule has 0 radical (unpaired) electrons. The van der Waals surface area contributed by atoms with Crippen LogP contribution < -0.4 is 0 Å². The Morgan fingerprint density at radius 3 is 1.58 bits per heavy atom. The van der Waals surface area contributed by atoms with Crippen LogP contribution in [0.2, 0.25) is 0 Å². The fourth-order valence-electron chi connectivity index (χ4n) is 3.71. The molecular weight excluding hydrogens is 232 g/mol. The minimum atomic E-state index is -0.378. The highest BCUT2D eigenvalue weighted by Gasteiger charge is 2.70. The molecule has 19 heavy (non-hydrogen) atoms. The van der Waals surface area contributed by atoms with Crippen LogP contribution in [-0.4, -0.2) is 0 Å². The van der Waals surface area contributed by atoms with E-state index in [2.05, 4.69) is 36.4 Å². The number of hydrogen-bond acceptors (Lipinski definition) is 2. The molecule has 2 aliphatic carbocycles. The fraction of sp³-hybridized carbons (Fsp3) is 0.176. The molecule has 0 bridgehead atoms. The number of rotatable bonds is 0. The third kappa shape index (κ3) is 0.973. The van der Waals surface area contributed by atoms with E-state index in [4.69, 9.17) is 0 Å². The van der Waals surface area contributed by atoms with Crippen LogP contribution in [0.25, 0.3) is 11.1 Å². The molecule has 2 aliphatic rings. The van der Waals surface area contributed by atoms with Crippen molar-refractivity contribution in [1.29, 1.82) is 10.5 Å². The third-order valence-electron chi connectivity index (χ3n) is 4.52. The summed E-state index contributed by atoms with van der Waals surface area (Å²) in [4.78, 5) is 0. The predicted octanol–water partition coefficient (Wildman–Crippen LogP) is 3.25. The molecule has 2 aromatic rings. The number of hydrogen-bond donors (Lipinski definition) is 0. The van der Waals surface area contributed by atoms with Gasteiger partial charge in [0.1, 0.15) is 0 Å². The van der Waals surface area contributed by atoms with Crippen molar-refractivity contribution in [2.75, 3.05) is 0 Å². The minimum absolute atomic E-state index is 0.220. The second-order valence-electron chi connectivity index (χ2n) is 5.17. The zero-order chi connectivity index (χ0) is 13.0. The van der Waals surface area contributed by atoms with Gasteiger partial charge in [0.05, 0.1) is 29.4 Å². The van der Waals surface area contributed by atoms with Gasteiger partial charge in [-0.25, -0.2) is 0 Å². The van der Waals surface area contributed by atoms with E-state index in [1.807, 2.05) is 24.3 Å². The van der Waals surface area contributed by atoms with Crippen molar-refractivity contribution in [2.45, 2.75) is 5.41 Å². The summed E-state index contributed by atoms with van der Waals surface area (Å²) < 4.78 is 0. The van der Waals surface area contributed by atoms with Gasteiger partial charge < -0.3 is 0 Å². The SMILES string of the molecule is N#CC1C(C#N)C12c1ccccc1-c1ccccc12. The Morgan fingerprint density at radius 2 is 1.16 bits per heavy atom. The molecule has 2 aromatic carbocycles. The number of fused-ring (bicyclic) bond motifs is 5. The Bertz CT molecular complexity index is 709. The van der Waals surface area contributed by atoms with E-state index in [-0.39, 0.29) is 17.3 Å². The predicted molar refractivity (Wildman–Crippen MR) is 70.9 cm³/mol. The maximum Gasteiger partial charge on any atom is 0.0784 e. The minimum Gasteiger partial charge on any atom is -0.198 e. The van der Waals surface area contributed by atoms with Crippen LogP contribution in [-0.2, 0) is 5.41 Å². The number of nitriles is 2. The van der Waals surface area contributed by atoms with E-state index in [1.54, 1.807) is 0 Å². The van der Waals surface area contributed by atoms with Gasteiger partial charge in [0.25, 0.3) is 0 Å². The zero-order valence-electron chi connectivity index (χ0n) is 10.2. The van der Waals surface area contributed by atoms with Crippen LogP contribution in [0.4, 0.5) is 0 Å². The van der Waals surface area contributed by atoms with E-state index >= 15 is 0 Å². The molecule has 1 spiro atoms. The van der Waals surface area contributed by atoms with Crippen LogP contribution in [0.15, 0.2) is 48.5 Å². The molecule has 0 saturated heterocycles. The highest BCUT2D eigenvalue weighted by Crippen LogP contribution is 2.69. The first-order valence-electron chi connectivity index (χ1n) is 6.34. The van der Waals surface area contributed by atoms with Gasteiger partial charge in [-0.15, -0.1) is 0 Å². The topological polar surface area (TPSA) is 47.6 Å². The lowest BCUT2D eigenvalue weighted by atomic mass is 9.89. The summed E-state index contributed by atoms with van der Waals surface area (Å²) in [5, 5.41) is 18.8. The first kappa shape index (κ1) is 10.4. The summed E-state index contributed by atoms with van der Waals surface area (Å²) in [5.74, 6) is -0.440. The largest absolute Gasteiger partial charge is 0.198 e. The van der Waals surface area contributed by atoms with Crippen molar-refractivity contribution in [3.63, 3.8) is 0 Å². The monoisotopic (exact) mass is 242 g/mol. The molecule has 0 aromatic heterocycles. The number of benzene rings is 2. The van der Waals surface area contributed by atoms with Gasteiger partial charge in [-0.3, -0.25) is 0 Å². The molecule has 4 rings (SSSR count). The summed E-state index contributed by atoms with van der Waals surface area (Å²) in [6.07, 6.45) is 0. The lowest BCUT2D eigenvalue weighted by Crippen LogP contribution is -2.09. The molecule has 0 N–H and O–H groups in total. The molecule has 0 aliphatic heterocycles. The Morgan fingerprint density at radius 1 is 0.737 bits per heavy atom. The van der Waals surface area contributed by atoms with E-state index in [1.165, 1.54) is 11.1 Å². The summed E-state index contributed by atoms with van der Waals surface area (Å²) in [7, 11) is 0. The average Bonchev–Trinajstić information content (AvgIpc) is 3.06. The standard InChI is InChI=1S/C17H10N2/c18-9-15-16(10-19)17(15)13-7-3-1-5-11(13)12-6-2-4-8-14(12)17/h1-8,15-16H. The maximum atomic E-state index is 9.38. The smallest absolute Gasteiger partial charge is 0.0784 e. The van der Waals surface area contributed by atoms with E-state index < -0.39 is 0 Å². The Balaban J connectivity index is 2.10. The lowest BCUT2D eigenvalue weighted by Gasteiger charge is -2.11. The van der Waals surface area contributed by atoms with Crippen molar-refractivity contribution in [3.05, 3.63) is 59.7 Å². The summed E-state index contributed by atoms with van der Waals surface area (Å²) in [6.45, 7) is 0. The van der Waals surface area contributed by atoms with Crippen molar-refractivity contribution >= 4 is 0 Å². The van der Waals surface area contributed by atoms with Gasteiger partial charge in [-0.1, -0.05) is 48.5 Å². The normalized spacial score (nSPS) is 24.1. The van der Waals surface area contributed by atoms with Crippen LogP contribution in [0, 0.1) is 34.5 Å². The summed E-state index contributed by atoms with van der Waals surface area (Å²) in [6, 6.07) is 21.0. The van der Waals surface area contributed by atoms with Gasteiger partial charge >= 0.3 is 0 Å². The average molecular weight is 242 g/mol. The first-order chi connectivity index (χ1) is 9.35. The number of nitrogens with zero attached hydrogens (tertiary/aromatic N) is 2. The highest BCUT2D eigenvalue weighted by atomic mass is 14.7. The third-order valence-corrected chi connectivity index (χ3v) is 4.52. The maximum absolute atomic E-state index is 9.38.